The monoisotopic (exact) mass is 493 g/mol. The molecule has 4 aromatic rings. The van der Waals surface area contributed by atoms with E-state index in [1.165, 1.54) is 23.1 Å². The maximum Gasteiger partial charge on any atom is 0.348 e. The van der Waals surface area contributed by atoms with E-state index in [1.807, 2.05) is 54.8 Å². The Morgan fingerprint density at radius 2 is 1.94 bits per heavy atom. The standard InChI is InChI=1S/C24H23N5O3S2/c1-4-32-23(31)21-16(3)12-20(34-21)26-19(30)14-33-24-28-27-22(17-9-7-11-25-13-17)29(24)18-10-6-5-8-15(18)2/h5-13H,4,14H2,1-3H3,(H,26,30). The van der Waals surface area contributed by atoms with Gasteiger partial charge in [-0.1, -0.05) is 30.0 Å². The molecule has 0 spiro atoms. The number of thioether (sulfide) groups is 1. The third-order valence-corrected chi connectivity index (χ3v) is 6.94. The molecule has 34 heavy (non-hydrogen) atoms. The van der Waals surface area contributed by atoms with Crippen molar-refractivity contribution in [1.29, 1.82) is 0 Å². The SMILES string of the molecule is CCOC(=O)c1sc(NC(=O)CSc2nnc(-c3cccnc3)n2-c2ccccc2C)cc1C. The van der Waals surface area contributed by atoms with E-state index in [1.54, 1.807) is 25.4 Å². The molecule has 3 aromatic heterocycles. The molecule has 174 valence electrons. The maximum absolute atomic E-state index is 12.7. The number of carbonyl (C=O) groups excluding carboxylic acids is 2. The van der Waals surface area contributed by atoms with Gasteiger partial charge in [0.15, 0.2) is 11.0 Å². The lowest BCUT2D eigenvalue weighted by Gasteiger charge is -2.12. The quantitative estimate of drug-likeness (QED) is 0.275. The highest BCUT2D eigenvalue weighted by molar-refractivity contribution is 7.99. The Balaban J connectivity index is 1.54. The topological polar surface area (TPSA) is 99.0 Å². The molecule has 0 fully saturated rings. The molecule has 3 heterocycles. The smallest absolute Gasteiger partial charge is 0.348 e. The van der Waals surface area contributed by atoms with E-state index in [2.05, 4.69) is 20.5 Å². The number of pyridine rings is 1. The lowest BCUT2D eigenvalue weighted by Crippen LogP contribution is -2.14. The number of rotatable bonds is 8. The first-order chi connectivity index (χ1) is 16.5. The molecular weight excluding hydrogens is 470 g/mol. The van der Waals surface area contributed by atoms with Gasteiger partial charge in [-0.25, -0.2) is 4.79 Å². The average molecular weight is 494 g/mol. The number of amides is 1. The van der Waals surface area contributed by atoms with Crippen molar-refractivity contribution in [3.63, 3.8) is 0 Å². The van der Waals surface area contributed by atoms with Gasteiger partial charge in [-0.2, -0.15) is 0 Å². The number of benzene rings is 1. The number of ether oxygens (including phenoxy) is 1. The molecule has 0 saturated carbocycles. The Hall–Kier alpha value is -3.50. The number of aryl methyl sites for hydroxylation is 2. The zero-order valence-corrected chi connectivity index (χ0v) is 20.6. The van der Waals surface area contributed by atoms with Crippen LogP contribution in [0.15, 0.2) is 60.0 Å². The molecular formula is C24H23N5O3S2. The Labute approximate surface area is 205 Å². The predicted octanol–water partition coefficient (Wildman–Crippen LogP) is 4.92. The van der Waals surface area contributed by atoms with E-state index in [0.29, 0.717) is 27.5 Å². The Morgan fingerprint density at radius 3 is 2.68 bits per heavy atom. The van der Waals surface area contributed by atoms with Crippen molar-refractivity contribution in [3.8, 4) is 17.1 Å². The molecule has 0 radical (unpaired) electrons. The molecule has 0 aliphatic carbocycles. The largest absolute Gasteiger partial charge is 0.462 e. The lowest BCUT2D eigenvalue weighted by molar-refractivity contribution is -0.113. The summed E-state index contributed by atoms with van der Waals surface area (Å²) in [6.07, 6.45) is 3.44. The number of thiophene rings is 1. The second kappa shape index (κ2) is 10.6. The van der Waals surface area contributed by atoms with Crippen LogP contribution in [0.2, 0.25) is 0 Å². The molecule has 0 unspecified atom stereocenters. The number of carbonyl (C=O) groups is 2. The minimum absolute atomic E-state index is 0.128. The third kappa shape index (κ3) is 5.18. The first-order valence-electron chi connectivity index (χ1n) is 10.6. The minimum atomic E-state index is -0.380. The second-order valence-electron chi connectivity index (χ2n) is 7.35. The van der Waals surface area contributed by atoms with Gasteiger partial charge >= 0.3 is 5.97 Å². The van der Waals surface area contributed by atoms with Gasteiger partial charge < -0.3 is 10.1 Å². The minimum Gasteiger partial charge on any atom is -0.462 e. The number of nitrogens with zero attached hydrogens (tertiary/aromatic N) is 4. The van der Waals surface area contributed by atoms with Crippen molar-refractivity contribution in [1.82, 2.24) is 19.7 Å². The number of nitrogens with one attached hydrogen (secondary N) is 1. The fourth-order valence-corrected chi connectivity index (χ4v) is 5.05. The van der Waals surface area contributed by atoms with Gasteiger partial charge in [-0.15, -0.1) is 21.5 Å². The Kier molecular flexibility index (Phi) is 7.39. The summed E-state index contributed by atoms with van der Waals surface area (Å²) < 4.78 is 7.01. The summed E-state index contributed by atoms with van der Waals surface area (Å²) in [5, 5.41) is 12.8. The van der Waals surface area contributed by atoms with E-state index < -0.39 is 0 Å². The Morgan fingerprint density at radius 1 is 1.12 bits per heavy atom. The molecule has 1 N–H and O–H groups in total. The van der Waals surface area contributed by atoms with Crippen LogP contribution in [-0.2, 0) is 9.53 Å². The Bertz CT molecular complexity index is 1320. The molecule has 1 aromatic carbocycles. The van der Waals surface area contributed by atoms with Crippen molar-refractivity contribution < 1.29 is 14.3 Å². The molecule has 0 aliphatic rings. The predicted molar refractivity (Wildman–Crippen MR) is 134 cm³/mol. The fourth-order valence-electron chi connectivity index (χ4n) is 3.32. The molecule has 0 saturated heterocycles. The molecule has 8 nitrogen and oxygen atoms in total. The van der Waals surface area contributed by atoms with Crippen LogP contribution in [0.3, 0.4) is 0 Å². The van der Waals surface area contributed by atoms with Gasteiger partial charge in [0, 0.05) is 18.0 Å². The van der Waals surface area contributed by atoms with E-state index in [9.17, 15) is 9.59 Å². The number of aromatic nitrogens is 4. The summed E-state index contributed by atoms with van der Waals surface area (Å²) in [7, 11) is 0. The van der Waals surface area contributed by atoms with Crippen LogP contribution in [0.25, 0.3) is 17.1 Å². The summed E-state index contributed by atoms with van der Waals surface area (Å²) in [4.78, 5) is 29.4. The number of esters is 1. The first-order valence-corrected chi connectivity index (χ1v) is 12.4. The van der Waals surface area contributed by atoms with E-state index >= 15 is 0 Å². The van der Waals surface area contributed by atoms with Crippen LogP contribution in [0.1, 0.15) is 27.7 Å². The molecule has 1 amide bonds. The van der Waals surface area contributed by atoms with Gasteiger partial charge in [0.05, 0.1) is 23.0 Å². The van der Waals surface area contributed by atoms with Gasteiger partial charge in [-0.3, -0.25) is 14.3 Å². The normalized spacial score (nSPS) is 10.8. The van der Waals surface area contributed by atoms with Crippen molar-refractivity contribution >= 4 is 40.0 Å². The second-order valence-corrected chi connectivity index (χ2v) is 9.34. The summed E-state index contributed by atoms with van der Waals surface area (Å²) in [6, 6.07) is 13.5. The number of anilines is 1. The van der Waals surface area contributed by atoms with Crippen molar-refractivity contribution in [2.75, 3.05) is 17.7 Å². The van der Waals surface area contributed by atoms with Gasteiger partial charge in [0.1, 0.15) is 4.88 Å². The highest BCUT2D eigenvalue weighted by atomic mass is 32.2. The van der Waals surface area contributed by atoms with Crippen molar-refractivity contribution in [2.45, 2.75) is 25.9 Å². The molecule has 4 rings (SSSR count). The number of hydrogen-bond acceptors (Lipinski definition) is 8. The first kappa shape index (κ1) is 23.7. The van der Waals surface area contributed by atoms with Gasteiger partial charge in [0.2, 0.25) is 5.91 Å². The van der Waals surface area contributed by atoms with Crippen molar-refractivity contribution in [2.24, 2.45) is 0 Å². The maximum atomic E-state index is 12.7. The highest BCUT2D eigenvalue weighted by Gasteiger charge is 2.20. The van der Waals surface area contributed by atoms with Gasteiger partial charge in [0.25, 0.3) is 0 Å². The summed E-state index contributed by atoms with van der Waals surface area (Å²) in [5.74, 6) is 0.194. The number of para-hydroxylation sites is 1. The molecule has 10 heteroatoms. The third-order valence-electron chi connectivity index (χ3n) is 4.88. The zero-order valence-electron chi connectivity index (χ0n) is 18.9. The molecule has 0 aliphatic heterocycles. The van der Waals surface area contributed by atoms with E-state index in [4.69, 9.17) is 4.74 Å². The number of hydrogen-bond donors (Lipinski definition) is 1. The summed E-state index contributed by atoms with van der Waals surface area (Å²) in [6.45, 7) is 5.90. The molecule has 0 bridgehead atoms. The average Bonchev–Trinajstić information content (AvgIpc) is 3.42. The van der Waals surface area contributed by atoms with Crippen LogP contribution in [0, 0.1) is 13.8 Å². The summed E-state index contributed by atoms with van der Waals surface area (Å²) >= 11 is 2.49. The highest BCUT2D eigenvalue weighted by Crippen LogP contribution is 2.30. The lowest BCUT2D eigenvalue weighted by atomic mass is 10.2. The van der Waals surface area contributed by atoms with Crippen molar-refractivity contribution in [3.05, 3.63) is 70.9 Å². The fraction of sp³-hybridized carbons (Fsp3) is 0.208. The van der Waals surface area contributed by atoms with Crippen LogP contribution in [0.5, 0.6) is 0 Å². The van der Waals surface area contributed by atoms with Crippen LogP contribution in [-0.4, -0.2) is 44.0 Å². The van der Waals surface area contributed by atoms with Gasteiger partial charge in [-0.05, 0) is 56.2 Å². The zero-order chi connectivity index (χ0) is 24.1. The van der Waals surface area contributed by atoms with Crippen LogP contribution in [0.4, 0.5) is 5.00 Å². The molecule has 0 atom stereocenters. The van der Waals surface area contributed by atoms with E-state index in [0.717, 1.165) is 22.4 Å². The van der Waals surface area contributed by atoms with Crippen LogP contribution >= 0.6 is 23.1 Å². The van der Waals surface area contributed by atoms with E-state index in [-0.39, 0.29) is 17.6 Å². The summed E-state index contributed by atoms with van der Waals surface area (Å²) in [5.41, 5.74) is 3.59. The van der Waals surface area contributed by atoms with Crippen LogP contribution < -0.4 is 5.32 Å².